The maximum absolute atomic E-state index is 13.2. The molecule has 0 N–H and O–H groups in total. The van der Waals surface area contributed by atoms with Crippen LogP contribution in [-0.2, 0) is 0 Å². The van der Waals surface area contributed by atoms with Crippen LogP contribution < -0.4 is 0 Å². The largest absolute Gasteiger partial charge is 0.225 e. The minimum atomic E-state index is -0.818. The molecule has 0 aliphatic heterocycles. The lowest BCUT2D eigenvalue weighted by Crippen LogP contribution is -1.91. The molecule has 0 unspecified atom stereocenters. The molecule has 2 aromatic rings. The van der Waals surface area contributed by atoms with Gasteiger partial charge in [0.15, 0.2) is 0 Å². The lowest BCUT2D eigenvalue weighted by molar-refractivity contribution is 0.563. The molecule has 0 aliphatic rings. The maximum atomic E-state index is 13.2. The van der Waals surface area contributed by atoms with Crippen molar-refractivity contribution in [3.05, 3.63) is 54.1 Å². The molecule has 1 aromatic heterocycles. The summed E-state index contributed by atoms with van der Waals surface area (Å²) in [6.45, 7) is 0. The first-order valence-electron chi connectivity index (χ1n) is 4.24. The molecule has 0 bridgehead atoms. The molecule has 0 spiro atoms. The lowest BCUT2D eigenvalue weighted by Gasteiger charge is -2.02. The van der Waals surface area contributed by atoms with Crippen molar-refractivity contribution in [3.8, 4) is 11.1 Å². The van der Waals surface area contributed by atoms with E-state index in [9.17, 15) is 13.2 Å². The summed E-state index contributed by atoms with van der Waals surface area (Å²) in [4.78, 5) is 3.22. The number of rotatable bonds is 1. The highest BCUT2D eigenvalue weighted by molar-refractivity contribution is 5.62. The fourth-order valence-electron chi connectivity index (χ4n) is 1.28. The zero-order valence-electron chi connectivity index (χ0n) is 7.55. The monoisotopic (exact) mass is 209 g/mol. The SMILES string of the molecule is Fc1cccc(-c2cc(F)cnc2F)c1. The number of halogens is 3. The van der Waals surface area contributed by atoms with Crippen molar-refractivity contribution in [2.45, 2.75) is 0 Å². The fourth-order valence-corrected chi connectivity index (χ4v) is 1.28. The molecule has 76 valence electrons. The Hall–Kier alpha value is -1.84. The van der Waals surface area contributed by atoms with Crippen LogP contribution in [0.1, 0.15) is 0 Å². The Morgan fingerprint density at radius 1 is 0.933 bits per heavy atom. The van der Waals surface area contributed by atoms with Gasteiger partial charge in [-0.1, -0.05) is 12.1 Å². The summed E-state index contributed by atoms with van der Waals surface area (Å²) in [5.41, 5.74) is 0.217. The molecule has 4 heteroatoms. The number of aromatic nitrogens is 1. The van der Waals surface area contributed by atoms with Gasteiger partial charge in [0.25, 0.3) is 0 Å². The van der Waals surface area contributed by atoms with E-state index in [0.717, 1.165) is 18.3 Å². The molecule has 1 aromatic carbocycles. The van der Waals surface area contributed by atoms with E-state index in [1.807, 2.05) is 0 Å². The Balaban J connectivity index is 2.58. The normalized spacial score (nSPS) is 10.3. The second-order valence-corrected chi connectivity index (χ2v) is 3.00. The third kappa shape index (κ3) is 1.98. The van der Waals surface area contributed by atoms with E-state index in [1.165, 1.54) is 18.2 Å². The zero-order chi connectivity index (χ0) is 10.8. The predicted octanol–water partition coefficient (Wildman–Crippen LogP) is 3.17. The van der Waals surface area contributed by atoms with Crippen LogP contribution in [0.25, 0.3) is 11.1 Å². The molecular formula is C11H6F3N. The Bertz CT molecular complexity index is 497. The second kappa shape index (κ2) is 3.73. The summed E-state index contributed by atoms with van der Waals surface area (Å²) in [6, 6.07) is 6.25. The molecule has 0 amide bonds. The Morgan fingerprint density at radius 2 is 1.73 bits per heavy atom. The van der Waals surface area contributed by atoms with Gasteiger partial charge in [0.05, 0.1) is 6.20 Å². The summed E-state index contributed by atoms with van der Waals surface area (Å²) in [6.07, 6.45) is 0.776. The average Bonchev–Trinajstić information content (AvgIpc) is 2.22. The molecule has 0 atom stereocenters. The van der Waals surface area contributed by atoms with Crippen molar-refractivity contribution in [2.24, 2.45) is 0 Å². The Labute approximate surface area is 84.2 Å². The molecule has 0 fully saturated rings. The maximum Gasteiger partial charge on any atom is 0.220 e. The van der Waals surface area contributed by atoms with Crippen LogP contribution in [0.2, 0.25) is 0 Å². The van der Waals surface area contributed by atoms with Crippen molar-refractivity contribution >= 4 is 0 Å². The summed E-state index contributed by atoms with van der Waals surface area (Å²) >= 11 is 0. The number of benzene rings is 1. The van der Waals surface area contributed by atoms with Gasteiger partial charge in [-0.15, -0.1) is 0 Å². The van der Waals surface area contributed by atoms with E-state index in [1.54, 1.807) is 0 Å². The molecular weight excluding hydrogens is 203 g/mol. The number of hydrogen-bond acceptors (Lipinski definition) is 1. The van der Waals surface area contributed by atoms with Crippen molar-refractivity contribution in [2.75, 3.05) is 0 Å². The Morgan fingerprint density at radius 3 is 2.47 bits per heavy atom. The highest BCUT2D eigenvalue weighted by Crippen LogP contribution is 2.22. The van der Waals surface area contributed by atoms with E-state index in [0.29, 0.717) is 0 Å². The highest BCUT2D eigenvalue weighted by atomic mass is 19.1. The van der Waals surface area contributed by atoms with Gasteiger partial charge in [-0.25, -0.2) is 13.8 Å². The fraction of sp³-hybridized carbons (Fsp3) is 0. The van der Waals surface area contributed by atoms with Gasteiger partial charge in [0, 0.05) is 5.56 Å². The van der Waals surface area contributed by atoms with Crippen LogP contribution in [0.3, 0.4) is 0 Å². The van der Waals surface area contributed by atoms with Crippen molar-refractivity contribution in [1.82, 2.24) is 4.98 Å². The van der Waals surface area contributed by atoms with Crippen LogP contribution in [-0.4, -0.2) is 4.98 Å². The van der Waals surface area contributed by atoms with Crippen molar-refractivity contribution in [1.29, 1.82) is 0 Å². The smallest absolute Gasteiger partial charge is 0.220 e. The van der Waals surface area contributed by atoms with E-state index in [-0.39, 0.29) is 11.1 Å². The van der Waals surface area contributed by atoms with Crippen LogP contribution >= 0.6 is 0 Å². The summed E-state index contributed by atoms with van der Waals surface area (Å²) in [5, 5.41) is 0. The van der Waals surface area contributed by atoms with Crippen LogP contribution in [0.5, 0.6) is 0 Å². The highest BCUT2D eigenvalue weighted by Gasteiger charge is 2.08. The molecule has 2 rings (SSSR count). The van der Waals surface area contributed by atoms with E-state index in [2.05, 4.69) is 4.98 Å². The minimum absolute atomic E-state index is 0.0468. The molecule has 15 heavy (non-hydrogen) atoms. The molecule has 0 aliphatic carbocycles. The van der Waals surface area contributed by atoms with Gasteiger partial charge in [-0.05, 0) is 23.8 Å². The average molecular weight is 209 g/mol. The van der Waals surface area contributed by atoms with Crippen LogP contribution in [0.4, 0.5) is 13.2 Å². The molecule has 1 heterocycles. The second-order valence-electron chi connectivity index (χ2n) is 3.00. The van der Waals surface area contributed by atoms with Crippen molar-refractivity contribution < 1.29 is 13.2 Å². The molecule has 0 saturated carbocycles. The topological polar surface area (TPSA) is 12.9 Å². The first kappa shape index (κ1) is 9.71. The van der Waals surface area contributed by atoms with Crippen molar-refractivity contribution in [3.63, 3.8) is 0 Å². The summed E-state index contributed by atoms with van der Waals surface area (Å²) in [7, 11) is 0. The van der Waals surface area contributed by atoms with Gasteiger partial charge in [0.1, 0.15) is 11.6 Å². The van der Waals surface area contributed by atoms with Crippen LogP contribution in [0.15, 0.2) is 36.5 Å². The first-order chi connectivity index (χ1) is 7.16. The molecule has 0 radical (unpaired) electrons. The molecule has 1 nitrogen and oxygen atoms in total. The Kier molecular flexibility index (Phi) is 2.41. The number of hydrogen-bond donors (Lipinski definition) is 0. The third-order valence-corrected chi connectivity index (χ3v) is 1.94. The number of nitrogens with zero attached hydrogens (tertiary/aromatic N) is 1. The van der Waals surface area contributed by atoms with Crippen LogP contribution in [0, 0.1) is 17.6 Å². The summed E-state index contributed by atoms with van der Waals surface area (Å²) < 4.78 is 38.8. The third-order valence-electron chi connectivity index (χ3n) is 1.94. The standard InChI is InChI=1S/C11H6F3N/c12-8-3-1-2-7(4-8)10-5-9(13)6-15-11(10)14/h1-6H. The van der Waals surface area contributed by atoms with E-state index >= 15 is 0 Å². The minimum Gasteiger partial charge on any atom is -0.225 e. The van der Waals surface area contributed by atoms with Gasteiger partial charge < -0.3 is 0 Å². The number of pyridine rings is 1. The lowest BCUT2D eigenvalue weighted by atomic mass is 10.1. The van der Waals surface area contributed by atoms with Gasteiger partial charge in [-0.3, -0.25) is 0 Å². The first-order valence-corrected chi connectivity index (χ1v) is 4.24. The molecule has 0 saturated heterocycles. The van der Waals surface area contributed by atoms with Gasteiger partial charge >= 0.3 is 0 Å². The zero-order valence-corrected chi connectivity index (χ0v) is 7.55. The predicted molar refractivity (Wildman–Crippen MR) is 49.5 cm³/mol. The van der Waals surface area contributed by atoms with E-state index in [4.69, 9.17) is 0 Å². The summed E-state index contributed by atoms with van der Waals surface area (Å²) in [5.74, 6) is -1.98. The van der Waals surface area contributed by atoms with Gasteiger partial charge in [0.2, 0.25) is 5.95 Å². The van der Waals surface area contributed by atoms with Gasteiger partial charge in [-0.2, -0.15) is 4.39 Å². The van der Waals surface area contributed by atoms with E-state index < -0.39 is 17.6 Å². The quantitative estimate of drug-likeness (QED) is 0.657.